The van der Waals surface area contributed by atoms with Gasteiger partial charge in [0.1, 0.15) is 11.7 Å². The van der Waals surface area contributed by atoms with Crippen LogP contribution in [0.25, 0.3) is 0 Å². The van der Waals surface area contributed by atoms with Crippen LogP contribution in [0.5, 0.6) is 0 Å². The lowest BCUT2D eigenvalue weighted by Crippen LogP contribution is -2.48. The maximum absolute atomic E-state index is 12.1. The largest absolute Gasteiger partial charge is 0.358 e. The van der Waals surface area contributed by atoms with E-state index in [0.29, 0.717) is 23.1 Å². The van der Waals surface area contributed by atoms with Crippen molar-refractivity contribution < 1.29 is 9.32 Å². The molecule has 1 aromatic heterocycles. The minimum atomic E-state index is -0.232. The van der Waals surface area contributed by atoms with Crippen LogP contribution >= 0.6 is 0 Å². The van der Waals surface area contributed by atoms with E-state index in [9.17, 15) is 4.79 Å². The molecule has 2 rings (SSSR count). The second kappa shape index (κ2) is 3.75. The van der Waals surface area contributed by atoms with Crippen LogP contribution in [0.3, 0.4) is 0 Å². The molecular weight excluding hydrogens is 218 g/mol. The molecule has 17 heavy (non-hydrogen) atoms. The molecule has 0 aromatic carbocycles. The van der Waals surface area contributed by atoms with Crippen LogP contribution in [0.15, 0.2) is 4.52 Å². The lowest BCUT2D eigenvalue weighted by atomic mass is 9.89. The van der Waals surface area contributed by atoms with E-state index in [1.54, 1.807) is 0 Å². The molecule has 0 radical (unpaired) electrons. The van der Waals surface area contributed by atoms with Gasteiger partial charge >= 0.3 is 0 Å². The highest BCUT2D eigenvalue weighted by molar-refractivity contribution is 6.01. The van der Waals surface area contributed by atoms with Crippen molar-refractivity contribution in [1.82, 2.24) is 10.5 Å². The summed E-state index contributed by atoms with van der Waals surface area (Å²) >= 11 is 0. The minimum Gasteiger partial charge on any atom is -0.358 e. The first kappa shape index (κ1) is 12.0. The molecule has 0 aliphatic carbocycles. The third-order valence-corrected chi connectivity index (χ3v) is 2.85. The predicted octanol–water partition coefficient (Wildman–Crippen LogP) is 2.11. The summed E-state index contributed by atoms with van der Waals surface area (Å²) in [5, 5.41) is 10.1. The van der Waals surface area contributed by atoms with Crippen LogP contribution in [0.4, 0.5) is 5.82 Å². The normalized spacial score (nSPS) is 19.9. The molecule has 1 aliphatic rings. The molecular formula is C12H19N3O2. The Labute approximate surface area is 101 Å². The van der Waals surface area contributed by atoms with Crippen LogP contribution in [0.1, 0.15) is 50.7 Å². The quantitative estimate of drug-likeness (QED) is 0.785. The highest BCUT2D eigenvalue weighted by atomic mass is 16.5. The molecule has 2 heterocycles. The number of fused-ring (bicyclic) bond motifs is 1. The molecule has 5 nitrogen and oxygen atoms in total. The second-order valence-electron chi connectivity index (χ2n) is 5.82. The third kappa shape index (κ3) is 2.01. The van der Waals surface area contributed by atoms with E-state index < -0.39 is 0 Å². The summed E-state index contributed by atoms with van der Waals surface area (Å²) in [7, 11) is 0. The molecule has 0 fully saturated rings. The molecule has 0 saturated carbocycles. The van der Waals surface area contributed by atoms with Crippen molar-refractivity contribution in [1.29, 1.82) is 0 Å². The maximum Gasteiger partial charge on any atom is 0.260 e. The van der Waals surface area contributed by atoms with E-state index in [1.807, 2.05) is 34.6 Å². The lowest BCUT2D eigenvalue weighted by Gasteiger charge is -2.28. The Hall–Kier alpha value is -1.52. The maximum atomic E-state index is 12.1. The van der Waals surface area contributed by atoms with Gasteiger partial charge in [0.05, 0.1) is 0 Å². The highest BCUT2D eigenvalue weighted by Gasteiger charge is 2.36. The molecule has 1 amide bonds. The van der Waals surface area contributed by atoms with Crippen molar-refractivity contribution in [2.45, 2.75) is 46.2 Å². The average molecular weight is 237 g/mol. The summed E-state index contributed by atoms with van der Waals surface area (Å²) in [6.45, 7) is 10.1. The molecule has 5 heteroatoms. The Morgan fingerprint density at radius 1 is 1.29 bits per heavy atom. The Bertz CT molecular complexity index is 443. The second-order valence-corrected chi connectivity index (χ2v) is 5.82. The summed E-state index contributed by atoms with van der Waals surface area (Å²) in [5.74, 6) is 1.36. The van der Waals surface area contributed by atoms with Gasteiger partial charge in [0, 0.05) is 5.41 Å². The molecule has 2 N–H and O–H groups in total. The SMILES string of the molecule is CC(C)C1NC(=O)c2c(noc2C(C)(C)C)N1. The summed E-state index contributed by atoms with van der Waals surface area (Å²) in [5.41, 5.74) is 0.305. The topological polar surface area (TPSA) is 67.2 Å². The van der Waals surface area contributed by atoms with Crippen molar-refractivity contribution in [2.75, 3.05) is 5.32 Å². The average Bonchev–Trinajstić information content (AvgIpc) is 2.60. The fraction of sp³-hybridized carbons (Fsp3) is 0.667. The first-order valence-electron chi connectivity index (χ1n) is 5.88. The molecule has 1 unspecified atom stereocenters. The van der Waals surface area contributed by atoms with Gasteiger partial charge in [0.25, 0.3) is 5.91 Å². The summed E-state index contributed by atoms with van der Waals surface area (Å²) < 4.78 is 5.31. The van der Waals surface area contributed by atoms with Crippen LogP contribution < -0.4 is 10.6 Å². The Kier molecular flexibility index (Phi) is 2.64. The van der Waals surface area contributed by atoms with Crippen LogP contribution in [0.2, 0.25) is 0 Å². The first-order chi connectivity index (χ1) is 7.80. The van der Waals surface area contributed by atoms with Gasteiger partial charge in [-0.15, -0.1) is 0 Å². The number of nitrogens with zero attached hydrogens (tertiary/aromatic N) is 1. The van der Waals surface area contributed by atoms with Gasteiger partial charge in [0.15, 0.2) is 11.6 Å². The molecule has 0 bridgehead atoms. The van der Waals surface area contributed by atoms with Crippen LogP contribution in [0, 0.1) is 5.92 Å². The summed E-state index contributed by atoms with van der Waals surface area (Å²) in [6, 6.07) is 0. The van der Waals surface area contributed by atoms with E-state index in [0.717, 1.165) is 0 Å². The van der Waals surface area contributed by atoms with E-state index in [1.165, 1.54) is 0 Å². The number of carbonyl (C=O) groups excluding carboxylic acids is 1. The van der Waals surface area contributed by atoms with E-state index in [-0.39, 0.29) is 17.5 Å². The molecule has 1 atom stereocenters. The summed E-state index contributed by atoms with van der Waals surface area (Å²) in [6.07, 6.45) is -0.0899. The van der Waals surface area contributed by atoms with Crippen LogP contribution in [-0.4, -0.2) is 17.2 Å². The van der Waals surface area contributed by atoms with E-state index in [2.05, 4.69) is 15.8 Å². The zero-order valence-electron chi connectivity index (χ0n) is 10.9. The van der Waals surface area contributed by atoms with Gasteiger partial charge in [-0.2, -0.15) is 0 Å². The van der Waals surface area contributed by atoms with Gasteiger partial charge in [-0.1, -0.05) is 39.8 Å². The molecule has 1 aliphatic heterocycles. The monoisotopic (exact) mass is 237 g/mol. The Balaban J connectivity index is 2.41. The standard InChI is InChI=1S/C12H19N3O2/c1-6(2)9-13-10-7(11(16)14-9)8(17-15-10)12(3,4)5/h6,9H,1-5H3,(H,13,15)(H,14,16). The van der Waals surface area contributed by atoms with Crippen molar-refractivity contribution in [2.24, 2.45) is 5.92 Å². The van der Waals surface area contributed by atoms with Gasteiger partial charge in [0.2, 0.25) is 0 Å². The molecule has 0 saturated heterocycles. The number of rotatable bonds is 1. The molecule has 0 spiro atoms. The fourth-order valence-electron chi connectivity index (χ4n) is 1.84. The fourth-order valence-corrected chi connectivity index (χ4v) is 1.84. The van der Waals surface area contributed by atoms with Gasteiger partial charge < -0.3 is 15.2 Å². The number of amides is 1. The van der Waals surface area contributed by atoms with E-state index in [4.69, 9.17) is 4.52 Å². The van der Waals surface area contributed by atoms with E-state index >= 15 is 0 Å². The lowest BCUT2D eigenvalue weighted by molar-refractivity contribution is 0.0922. The van der Waals surface area contributed by atoms with Gasteiger partial charge in [-0.3, -0.25) is 4.79 Å². The number of aromatic nitrogens is 1. The number of nitrogens with one attached hydrogen (secondary N) is 2. The third-order valence-electron chi connectivity index (χ3n) is 2.85. The van der Waals surface area contributed by atoms with Crippen molar-refractivity contribution in [3.63, 3.8) is 0 Å². The Morgan fingerprint density at radius 3 is 2.47 bits per heavy atom. The number of carbonyl (C=O) groups is 1. The van der Waals surface area contributed by atoms with Crippen molar-refractivity contribution in [3.05, 3.63) is 11.3 Å². The van der Waals surface area contributed by atoms with Crippen molar-refractivity contribution in [3.8, 4) is 0 Å². The highest BCUT2D eigenvalue weighted by Crippen LogP contribution is 2.32. The Morgan fingerprint density at radius 2 is 1.94 bits per heavy atom. The van der Waals surface area contributed by atoms with Gasteiger partial charge in [-0.05, 0) is 5.92 Å². The van der Waals surface area contributed by atoms with Gasteiger partial charge in [-0.25, -0.2) is 0 Å². The molecule has 94 valence electrons. The summed E-state index contributed by atoms with van der Waals surface area (Å²) in [4.78, 5) is 12.1. The zero-order valence-corrected chi connectivity index (χ0v) is 10.9. The number of hydrogen-bond acceptors (Lipinski definition) is 4. The van der Waals surface area contributed by atoms with Crippen LogP contribution in [-0.2, 0) is 5.41 Å². The van der Waals surface area contributed by atoms with Crippen molar-refractivity contribution >= 4 is 11.7 Å². The number of hydrogen-bond donors (Lipinski definition) is 2. The molecule has 1 aromatic rings. The minimum absolute atomic E-state index is 0.0899. The first-order valence-corrected chi connectivity index (χ1v) is 5.88. The predicted molar refractivity (Wildman–Crippen MR) is 64.9 cm³/mol. The smallest absolute Gasteiger partial charge is 0.260 e. The zero-order chi connectivity index (χ0) is 12.8. The number of anilines is 1.